The van der Waals surface area contributed by atoms with E-state index in [0.29, 0.717) is 37.7 Å². The fourth-order valence-electron chi connectivity index (χ4n) is 16.2. The van der Waals surface area contributed by atoms with Crippen molar-refractivity contribution < 1.29 is 114 Å². The number of ether oxygens (including phenoxy) is 8. The molecule has 0 radical (unpaired) electrons. The van der Waals surface area contributed by atoms with Crippen LogP contribution in [0.3, 0.4) is 0 Å². The second-order valence-corrected chi connectivity index (χ2v) is 25.5. The standard InChI is InChI=1S/C55H86O23/c1-11-23(2)46(70)78-43-44(72-25(4)59)55(22-58)27(18-50(43,5)6)26-12-13-30-51(7)16-15-32(52(8,21-57)29(51)14-17-53(30,9)54(26,10)19-31(55)60)74-49-41(76-47-37(65)35(63)33(61)24(3)71-47)39(67)40(42(77-49)45(68)69)75-48-38(66)36(64)34(62)28(20-56)73-48/h11-12,24,27-44,47-49,56-58,60-67H,13-22H2,1-10H3,(H,68,69)/b23-11-/t24-,27+,28-,29-,30-,31-,32+,33-,34-,35+,36+,37-,38-,39+,40+,41-,42+,43+,44+,47+,48+,49-,51+,52-,53-,54-,55+/m1/s1. The van der Waals surface area contributed by atoms with Gasteiger partial charge in [-0.25, -0.2) is 9.59 Å². The number of aliphatic hydroxyl groups is 11. The fourth-order valence-corrected chi connectivity index (χ4v) is 16.2. The molecule has 3 saturated heterocycles. The molecule has 78 heavy (non-hydrogen) atoms. The minimum Gasteiger partial charge on any atom is -0.479 e. The molecule has 7 fully saturated rings. The van der Waals surface area contributed by atoms with Crippen molar-refractivity contribution in [2.75, 3.05) is 19.8 Å². The van der Waals surface area contributed by atoms with Gasteiger partial charge in [-0.1, -0.05) is 59.3 Å². The Morgan fingerprint density at radius 2 is 1.32 bits per heavy atom. The SMILES string of the molecule is C/C=C(/C)C(=O)O[C@H]1[C@H](OC(C)=O)[C@]2(CO)[C@H](O)C[C@]3(C)C(=CC[C@@H]4[C@@]5(C)CC[C@H](O[C@@H]6O[C@H](C(=O)O)[C@@H](O[C@@H]7O[C@H](CO)[C@@H](O)[C@H](O)[C@H]7O)[C@H](O)[C@H]6O[C@@H]6O[C@H](C)[C@@H](O)[C@H](O)[C@H]6O)[C@](C)(CO)[C@@H]5CC[C@]43C)[C@@H]2CC1(C)C. The van der Waals surface area contributed by atoms with Gasteiger partial charge >= 0.3 is 17.9 Å². The van der Waals surface area contributed by atoms with E-state index in [4.69, 9.17) is 37.9 Å². The first-order chi connectivity index (χ1) is 36.4. The number of rotatable bonds is 13. The third-order valence-corrected chi connectivity index (χ3v) is 21.0. The normalized spacial score (nSPS) is 51.1. The number of allylic oxidation sites excluding steroid dienone is 3. The van der Waals surface area contributed by atoms with Crippen molar-refractivity contribution in [3.8, 4) is 0 Å². The molecule has 444 valence electrons. The summed E-state index contributed by atoms with van der Waals surface area (Å²) in [7, 11) is 0. The molecule has 0 aromatic heterocycles. The third kappa shape index (κ3) is 9.62. The summed E-state index contributed by atoms with van der Waals surface area (Å²) in [6, 6.07) is 0. The Kier molecular flexibility index (Phi) is 17.3. The summed E-state index contributed by atoms with van der Waals surface area (Å²) >= 11 is 0. The first-order valence-corrected chi connectivity index (χ1v) is 27.5. The average Bonchev–Trinajstić information content (AvgIpc) is 3.09. The van der Waals surface area contributed by atoms with Crippen molar-refractivity contribution in [1.82, 2.24) is 0 Å². The number of carbonyl (C=O) groups excluding carboxylic acids is 2. The molecule has 4 saturated carbocycles. The Balaban J connectivity index is 1.11. The van der Waals surface area contributed by atoms with Gasteiger partial charge < -0.3 is 99.2 Å². The van der Waals surface area contributed by atoms with E-state index in [9.17, 15) is 75.7 Å². The molecule has 0 unspecified atom stereocenters. The van der Waals surface area contributed by atoms with Crippen LogP contribution in [-0.2, 0) is 52.3 Å². The van der Waals surface area contributed by atoms with Gasteiger partial charge in [0.2, 0.25) is 0 Å². The summed E-state index contributed by atoms with van der Waals surface area (Å²) in [4.78, 5) is 39.5. The van der Waals surface area contributed by atoms with Crippen molar-refractivity contribution >= 4 is 17.9 Å². The largest absolute Gasteiger partial charge is 0.479 e. The van der Waals surface area contributed by atoms with Gasteiger partial charge in [-0.05, 0) is 99.7 Å². The Bertz CT molecular complexity index is 2280. The van der Waals surface area contributed by atoms with Crippen molar-refractivity contribution in [1.29, 1.82) is 0 Å². The maximum Gasteiger partial charge on any atom is 0.335 e. The minimum absolute atomic E-state index is 0.0641. The molecule has 3 aliphatic heterocycles. The summed E-state index contributed by atoms with van der Waals surface area (Å²) in [5.41, 5.74) is -3.65. The van der Waals surface area contributed by atoms with Crippen LogP contribution in [0.15, 0.2) is 23.3 Å². The Hall–Kier alpha value is -2.79. The monoisotopic (exact) mass is 1110 g/mol. The molecule has 0 aromatic carbocycles. The van der Waals surface area contributed by atoms with Gasteiger partial charge in [0.25, 0.3) is 0 Å². The number of aliphatic hydroxyl groups excluding tert-OH is 11. The first kappa shape index (κ1) is 61.3. The highest BCUT2D eigenvalue weighted by atomic mass is 16.8. The van der Waals surface area contributed by atoms with Crippen LogP contribution >= 0.6 is 0 Å². The lowest BCUT2D eigenvalue weighted by atomic mass is 9.33. The molecular formula is C55H86O23. The zero-order valence-corrected chi connectivity index (χ0v) is 46.3. The van der Waals surface area contributed by atoms with E-state index in [1.165, 1.54) is 13.8 Å². The van der Waals surface area contributed by atoms with Gasteiger partial charge in [0.15, 0.2) is 25.0 Å². The summed E-state index contributed by atoms with van der Waals surface area (Å²) in [6.45, 7) is 16.5. The van der Waals surface area contributed by atoms with Gasteiger partial charge in [0.1, 0.15) is 73.2 Å². The van der Waals surface area contributed by atoms with E-state index in [1.54, 1.807) is 19.9 Å². The van der Waals surface area contributed by atoms with Crippen molar-refractivity contribution in [2.24, 2.45) is 50.2 Å². The van der Waals surface area contributed by atoms with Crippen LogP contribution in [0.25, 0.3) is 0 Å². The molecule has 12 N–H and O–H groups in total. The number of aliphatic carboxylic acids is 1. The summed E-state index contributed by atoms with van der Waals surface area (Å²) in [5, 5.41) is 133. The summed E-state index contributed by atoms with van der Waals surface area (Å²) in [6.07, 6.45) is -24.8. The van der Waals surface area contributed by atoms with Crippen LogP contribution in [0.2, 0.25) is 0 Å². The highest BCUT2D eigenvalue weighted by Gasteiger charge is 2.74. The van der Waals surface area contributed by atoms with Gasteiger partial charge in [0, 0.05) is 23.3 Å². The van der Waals surface area contributed by atoms with Gasteiger partial charge in [-0.3, -0.25) is 4.79 Å². The van der Waals surface area contributed by atoms with E-state index in [-0.39, 0.29) is 24.7 Å². The van der Waals surface area contributed by atoms with Crippen LogP contribution in [0, 0.1) is 50.2 Å². The fraction of sp³-hybridized carbons (Fsp3) is 0.873. The second kappa shape index (κ2) is 22.1. The molecule has 23 nitrogen and oxygen atoms in total. The van der Waals surface area contributed by atoms with Crippen molar-refractivity contribution in [3.63, 3.8) is 0 Å². The van der Waals surface area contributed by atoms with Gasteiger partial charge in [-0.15, -0.1) is 0 Å². The molecule has 0 spiro atoms. The molecule has 8 aliphatic rings. The van der Waals surface area contributed by atoms with Crippen LogP contribution < -0.4 is 0 Å². The number of fused-ring (bicyclic) bond motifs is 7. The van der Waals surface area contributed by atoms with Crippen LogP contribution in [0.5, 0.6) is 0 Å². The molecule has 3 heterocycles. The highest BCUT2D eigenvalue weighted by molar-refractivity contribution is 5.87. The molecule has 23 heteroatoms. The Morgan fingerprint density at radius 1 is 0.692 bits per heavy atom. The Labute approximate surface area is 454 Å². The van der Waals surface area contributed by atoms with Crippen molar-refractivity contribution in [2.45, 2.75) is 231 Å². The van der Waals surface area contributed by atoms with Crippen LogP contribution in [0.4, 0.5) is 0 Å². The maximum absolute atomic E-state index is 13.4. The molecule has 27 atom stereocenters. The molecule has 0 aromatic rings. The number of carboxylic acids is 1. The van der Waals surface area contributed by atoms with Crippen molar-refractivity contribution in [3.05, 3.63) is 23.3 Å². The Morgan fingerprint density at radius 3 is 1.91 bits per heavy atom. The zero-order chi connectivity index (χ0) is 57.7. The summed E-state index contributed by atoms with van der Waals surface area (Å²) < 4.78 is 48.4. The van der Waals surface area contributed by atoms with Gasteiger partial charge in [0.05, 0.1) is 43.5 Å². The van der Waals surface area contributed by atoms with Crippen LogP contribution in [0.1, 0.15) is 114 Å². The van der Waals surface area contributed by atoms with E-state index >= 15 is 0 Å². The lowest BCUT2D eigenvalue weighted by Gasteiger charge is -2.72. The molecular weight excluding hydrogens is 1030 g/mol. The molecule has 0 bridgehead atoms. The zero-order valence-electron chi connectivity index (χ0n) is 46.3. The first-order valence-electron chi connectivity index (χ1n) is 27.5. The number of carbonyl (C=O) groups is 3. The maximum atomic E-state index is 13.4. The molecule has 0 amide bonds. The predicted octanol–water partition coefficient (Wildman–Crippen LogP) is -0.293. The smallest absolute Gasteiger partial charge is 0.335 e. The van der Waals surface area contributed by atoms with E-state index < -0.39 is 193 Å². The molecule has 5 aliphatic carbocycles. The van der Waals surface area contributed by atoms with E-state index in [1.807, 2.05) is 20.8 Å². The van der Waals surface area contributed by atoms with E-state index in [0.717, 1.165) is 5.57 Å². The van der Waals surface area contributed by atoms with Gasteiger partial charge in [-0.2, -0.15) is 0 Å². The number of hydrogen-bond acceptors (Lipinski definition) is 22. The number of esters is 2. The average molecular weight is 1120 g/mol. The second-order valence-electron chi connectivity index (χ2n) is 25.5. The molecule has 8 rings (SSSR count). The lowest BCUT2D eigenvalue weighted by molar-refractivity contribution is -0.390. The third-order valence-electron chi connectivity index (χ3n) is 21.0. The predicted molar refractivity (Wildman–Crippen MR) is 268 cm³/mol. The highest BCUT2D eigenvalue weighted by Crippen LogP contribution is 2.76. The minimum atomic E-state index is -2.12. The topological polar surface area (TPSA) is 368 Å². The van der Waals surface area contributed by atoms with E-state index in [2.05, 4.69) is 26.8 Å². The quantitative estimate of drug-likeness (QED) is 0.0488. The van der Waals surface area contributed by atoms with Crippen LogP contribution in [-0.4, -0.2) is 216 Å². The number of hydrogen-bond donors (Lipinski definition) is 12. The summed E-state index contributed by atoms with van der Waals surface area (Å²) in [5.74, 6) is -3.77. The number of carboxylic acid groups (broad SMARTS) is 1. The lowest BCUT2D eigenvalue weighted by Crippen LogP contribution is -2.72.